The summed E-state index contributed by atoms with van der Waals surface area (Å²) in [4.78, 5) is 0. The van der Waals surface area contributed by atoms with Gasteiger partial charge < -0.3 is 0 Å². The van der Waals surface area contributed by atoms with Gasteiger partial charge in [-0.05, 0) is 49.4 Å². The first-order valence-corrected chi connectivity index (χ1v) is 17.6. The molecule has 4 aliphatic heterocycles. The average Bonchev–Trinajstić information content (AvgIpc) is 3.17. The number of thioether (sulfide) groups is 8. The summed E-state index contributed by atoms with van der Waals surface area (Å²) in [6.07, 6.45) is 5.66. The van der Waals surface area contributed by atoms with Crippen LogP contribution in [0.15, 0.2) is 16.9 Å². The van der Waals surface area contributed by atoms with Crippen LogP contribution in [-0.2, 0) is 0 Å². The first kappa shape index (κ1) is 21.8. The molecular formula is C21H28S8. The fourth-order valence-electron chi connectivity index (χ4n) is 5.08. The lowest BCUT2D eigenvalue weighted by Crippen LogP contribution is -2.34. The first-order valence-electron chi connectivity index (χ1n) is 10.8. The summed E-state index contributed by atoms with van der Waals surface area (Å²) in [5.41, 5.74) is 0. The quantitative estimate of drug-likeness (QED) is 0.296. The molecule has 1 spiro atoms. The Morgan fingerprint density at radius 2 is 0.724 bits per heavy atom. The molecule has 2 saturated carbocycles. The summed E-state index contributed by atoms with van der Waals surface area (Å²) in [6.45, 7) is 9.91. The van der Waals surface area contributed by atoms with E-state index >= 15 is 0 Å². The van der Waals surface area contributed by atoms with Gasteiger partial charge in [0.2, 0.25) is 0 Å². The van der Waals surface area contributed by atoms with Gasteiger partial charge in [0.25, 0.3) is 0 Å². The van der Waals surface area contributed by atoms with Crippen LogP contribution in [0.5, 0.6) is 0 Å². The number of rotatable bonds is 0. The van der Waals surface area contributed by atoms with Crippen LogP contribution in [0.1, 0.15) is 53.4 Å². The molecule has 0 nitrogen and oxygen atoms in total. The van der Waals surface area contributed by atoms with E-state index in [0.29, 0.717) is 0 Å². The molecule has 8 heteroatoms. The summed E-state index contributed by atoms with van der Waals surface area (Å²) >= 11 is 17.8. The molecule has 0 aromatic carbocycles. The summed E-state index contributed by atoms with van der Waals surface area (Å²) < 4.78 is 6.90. The van der Waals surface area contributed by atoms with Gasteiger partial charge in [0, 0.05) is 21.0 Å². The van der Waals surface area contributed by atoms with E-state index in [9.17, 15) is 0 Å². The van der Waals surface area contributed by atoms with Crippen LogP contribution in [0.3, 0.4) is 0 Å². The Hall–Kier alpha value is 2.28. The topological polar surface area (TPSA) is 0 Å². The van der Waals surface area contributed by atoms with Crippen molar-refractivity contribution < 1.29 is 0 Å². The molecule has 2 fully saturated rings. The Balaban J connectivity index is 1.16. The van der Waals surface area contributed by atoms with Gasteiger partial charge >= 0.3 is 0 Å². The van der Waals surface area contributed by atoms with Crippen molar-refractivity contribution in [3.63, 3.8) is 0 Å². The molecule has 0 bridgehead atoms. The second kappa shape index (κ2) is 8.20. The summed E-state index contributed by atoms with van der Waals surface area (Å²) in [6, 6.07) is 0. The van der Waals surface area contributed by atoms with Crippen LogP contribution in [0.2, 0.25) is 0 Å². The number of fused-ring (bicyclic) bond motifs is 2. The monoisotopic (exact) mass is 536 g/mol. The van der Waals surface area contributed by atoms with Crippen molar-refractivity contribution in [2.75, 3.05) is 0 Å². The van der Waals surface area contributed by atoms with Crippen molar-refractivity contribution in [2.24, 2.45) is 23.7 Å². The Morgan fingerprint density at radius 3 is 0.966 bits per heavy atom. The van der Waals surface area contributed by atoms with Gasteiger partial charge in [-0.2, -0.15) is 0 Å². The molecule has 0 N–H and O–H groups in total. The van der Waals surface area contributed by atoms with Gasteiger partial charge in [0.1, 0.15) is 0 Å². The fourth-order valence-corrected chi connectivity index (χ4v) is 22.9. The third-order valence-electron chi connectivity index (χ3n) is 7.43. The van der Waals surface area contributed by atoms with E-state index in [1.165, 1.54) is 25.7 Å². The fraction of sp³-hybridized carbons (Fsp3) is 0.810. The lowest BCUT2D eigenvalue weighted by molar-refractivity contribution is 0.290. The minimum Gasteiger partial charge on any atom is -0.113 e. The Labute approximate surface area is 210 Å². The molecule has 0 amide bonds. The largest absolute Gasteiger partial charge is 0.173 e. The molecule has 8 atom stereocenters. The maximum absolute atomic E-state index is 2.48. The van der Waals surface area contributed by atoms with Gasteiger partial charge in [0.05, 0.1) is 16.9 Å². The standard InChI is InChI=1S/C21H28S8/c1-9-5-13-14(6-10(9)2)23-18-17(22-13)26-21(27-18)28-19-20(29-21)25-16-8-12(4)11(3)7-15(16)24-19/h9-16H,5-8H2,1-4H3. The molecule has 0 saturated heterocycles. The molecule has 0 radical (unpaired) electrons. The van der Waals surface area contributed by atoms with Crippen LogP contribution in [-0.4, -0.2) is 23.7 Å². The van der Waals surface area contributed by atoms with Crippen LogP contribution in [0.25, 0.3) is 0 Å². The minimum atomic E-state index is 0.241. The third-order valence-corrected chi connectivity index (χ3v) is 21.5. The maximum Gasteiger partial charge on any atom is 0.173 e. The second-order valence-corrected chi connectivity index (χ2v) is 22.0. The Bertz CT molecular complexity index is 647. The highest BCUT2D eigenvalue weighted by Crippen LogP contribution is 2.80. The Kier molecular flexibility index (Phi) is 6.16. The number of hydrogen-bond donors (Lipinski definition) is 0. The van der Waals surface area contributed by atoms with E-state index in [-0.39, 0.29) is 2.74 Å². The van der Waals surface area contributed by atoms with E-state index in [4.69, 9.17) is 0 Å². The van der Waals surface area contributed by atoms with E-state index in [0.717, 1.165) is 44.7 Å². The predicted molar refractivity (Wildman–Crippen MR) is 148 cm³/mol. The normalized spacial score (nSPS) is 51.7. The van der Waals surface area contributed by atoms with Gasteiger partial charge in [-0.15, -0.1) is 47.0 Å². The summed E-state index contributed by atoms with van der Waals surface area (Å²) in [7, 11) is 0. The SMILES string of the molecule is CC1CC2SC3=C(SC2CC1C)SC1(S3)SC2=C(SC3CC(C)C(C)CC3S2)S1. The highest BCUT2D eigenvalue weighted by Gasteiger charge is 2.54. The summed E-state index contributed by atoms with van der Waals surface area (Å²) in [5, 5.41) is 3.40. The Morgan fingerprint density at radius 1 is 0.483 bits per heavy atom. The van der Waals surface area contributed by atoms with E-state index in [1.807, 2.05) is 0 Å². The van der Waals surface area contributed by atoms with Crippen molar-refractivity contribution in [3.05, 3.63) is 16.9 Å². The molecule has 6 rings (SSSR count). The molecule has 8 unspecified atom stereocenters. The maximum atomic E-state index is 2.48. The van der Waals surface area contributed by atoms with Gasteiger partial charge in [-0.3, -0.25) is 0 Å². The third kappa shape index (κ3) is 3.95. The van der Waals surface area contributed by atoms with Gasteiger partial charge in [-0.1, -0.05) is 74.7 Å². The van der Waals surface area contributed by atoms with Crippen LogP contribution < -0.4 is 0 Å². The van der Waals surface area contributed by atoms with Gasteiger partial charge in [-0.25, -0.2) is 0 Å². The van der Waals surface area contributed by atoms with Crippen molar-refractivity contribution in [2.45, 2.75) is 77.1 Å². The average molecular weight is 537 g/mol. The van der Waals surface area contributed by atoms with Crippen molar-refractivity contribution in [3.8, 4) is 0 Å². The molecule has 4 heterocycles. The van der Waals surface area contributed by atoms with Crippen LogP contribution in [0, 0.1) is 23.7 Å². The van der Waals surface area contributed by atoms with Crippen LogP contribution >= 0.6 is 94.1 Å². The molecular weight excluding hydrogens is 509 g/mol. The zero-order valence-corrected chi connectivity index (χ0v) is 23.7. The van der Waals surface area contributed by atoms with Crippen molar-refractivity contribution in [1.82, 2.24) is 0 Å². The zero-order chi connectivity index (χ0) is 19.9. The van der Waals surface area contributed by atoms with Gasteiger partial charge in [0.15, 0.2) is 2.74 Å². The molecule has 0 aromatic rings. The van der Waals surface area contributed by atoms with Crippen molar-refractivity contribution >= 4 is 94.1 Å². The minimum absolute atomic E-state index is 0.241. The van der Waals surface area contributed by atoms with Crippen molar-refractivity contribution in [1.29, 1.82) is 0 Å². The highest BCUT2D eigenvalue weighted by molar-refractivity contribution is 8.60. The highest BCUT2D eigenvalue weighted by atomic mass is 32.3. The summed E-state index contributed by atoms with van der Waals surface area (Å²) in [5.74, 6) is 3.57. The van der Waals surface area contributed by atoms with E-state index in [2.05, 4.69) is 122 Å². The van der Waals surface area contributed by atoms with Crippen LogP contribution in [0.4, 0.5) is 0 Å². The lowest BCUT2D eigenvalue weighted by Gasteiger charge is -2.40. The predicted octanol–water partition coefficient (Wildman–Crippen LogP) is 9.38. The smallest absolute Gasteiger partial charge is 0.113 e. The second-order valence-electron chi connectivity index (χ2n) is 9.54. The van der Waals surface area contributed by atoms with E-state index in [1.54, 1.807) is 16.9 Å². The molecule has 2 aliphatic carbocycles. The molecule has 6 aliphatic rings. The first-order chi connectivity index (χ1) is 13.9. The molecule has 29 heavy (non-hydrogen) atoms. The molecule has 160 valence electrons. The zero-order valence-electron chi connectivity index (χ0n) is 17.2. The molecule has 0 aromatic heterocycles. The number of hydrogen-bond acceptors (Lipinski definition) is 8. The lowest BCUT2D eigenvalue weighted by atomic mass is 9.81. The van der Waals surface area contributed by atoms with E-state index < -0.39 is 0 Å².